The fourth-order valence-electron chi connectivity index (χ4n) is 0.809. The first kappa shape index (κ1) is 11.3. The Bertz CT molecular complexity index is 326. The molecule has 0 aliphatic rings. The number of aromatic nitrogens is 3. The van der Waals surface area contributed by atoms with Crippen molar-refractivity contribution in [3.63, 3.8) is 0 Å². The van der Waals surface area contributed by atoms with Gasteiger partial charge in [-0.1, -0.05) is 0 Å². The predicted octanol–water partition coefficient (Wildman–Crippen LogP) is -0.299. The Morgan fingerprint density at radius 1 is 1.64 bits per heavy atom. The third-order valence-electron chi connectivity index (χ3n) is 1.53. The maximum atomic E-state index is 12.8. The van der Waals surface area contributed by atoms with Gasteiger partial charge in [0.05, 0.1) is 0 Å². The molecule has 9 heteroatoms. The fraction of sp³-hybridized carbons (Fsp3) is 0.600. The highest BCUT2D eigenvalue weighted by Crippen LogP contribution is 2.45. The van der Waals surface area contributed by atoms with Crippen molar-refractivity contribution >= 4 is 7.60 Å². The molecule has 1 aromatic rings. The molecule has 0 spiro atoms. The Morgan fingerprint density at radius 2 is 2.29 bits per heavy atom. The van der Waals surface area contributed by atoms with Crippen LogP contribution in [0.25, 0.3) is 0 Å². The van der Waals surface area contributed by atoms with E-state index in [4.69, 9.17) is 9.79 Å². The standard InChI is InChI=1S/C5H9FN3O4P/c6-4(14(11,12)13)1-3(10)5-7-2-8-9-5/h2-4,10H,1H2,(H,7,8,9)(H2,11,12,13)/t3?,4-/m0/s1. The number of aromatic amines is 1. The molecule has 80 valence electrons. The minimum Gasteiger partial charge on any atom is -0.385 e. The maximum absolute atomic E-state index is 12.8. The van der Waals surface area contributed by atoms with Crippen LogP contribution < -0.4 is 0 Å². The molecule has 0 saturated carbocycles. The van der Waals surface area contributed by atoms with Crippen LogP contribution >= 0.6 is 7.60 Å². The van der Waals surface area contributed by atoms with E-state index < -0.39 is 26.0 Å². The number of hydrogen-bond donors (Lipinski definition) is 4. The zero-order valence-corrected chi connectivity index (χ0v) is 7.80. The second-order valence-corrected chi connectivity index (χ2v) is 4.38. The minimum absolute atomic E-state index is 0.0268. The number of aliphatic hydroxyl groups excluding tert-OH is 1. The van der Waals surface area contributed by atoms with Crippen molar-refractivity contribution in [1.82, 2.24) is 15.2 Å². The number of rotatable bonds is 4. The lowest BCUT2D eigenvalue weighted by molar-refractivity contribution is 0.130. The van der Waals surface area contributed by atoms with Crippen LogP contribution in [-0.2, 0) is 4.57 Å². The first-order valence-electron chi connectivity index (χ1n) is 3.64. The fourth-order valence-corrected chi connectivity index (χ4v) is 1.28. The lowest BCUT2D eigenvalue weighted by Crippen LogP contribution is -2.09. The summed E-state index contributed by atoms with van der Waals surface area (Å²) in [4.78, 5) is 20.3. The Hall–Kier alpha value is -0.820. The lowest BCUT2D eigenvalue weighted by Gasteiger charge is -2.12. The van der Waals surface area contributed by atoms with Gasteiger partial charge in [0, 0.05) is 6.42 Å². The highest BCUT2D eigenvalue weighted by Gasteiger charge is 2.31. The van der Waals surface area contributed by atoms with Crippen molar-refractivity contribution in [2.24, 2.45) is 0 Å². The van der Waals surface area contributed by atoms with Crippen molar-refractivity contribution in [2.45, 2.75) is 18.4 Å². The quantitative estimate of drug-likeness (QED) is 0.522. The van der Waals surface area contributed by atoms with Crippen molar-refractivity contribution < 1.29 is 23.8 Å². The van der Waals surface area contributed by atoms with E-state index in [0.717, 1.165) is 6.33 Å². The zero-order valence-electron chi connectivity index (χ0n) is 6.91. The van der Waals surface area contributed by atoms with E-state index in [1.165, 1.54) is 0 Å². The molecule has 0 amide bonds. The highest BCUT2D eigenvalue weighted by molar-refractivity contribution is 7.52. The first-order valence-corrected chi connectivity index (χ1v) is 5.32. The highest BCUT2D eigenvalue weighted by atomic mass is 31.2. The Balaban J connectivity index is 2.58. The summed E-state index contributed by atoms with van der Waals surface area (Å²) in [6, 6.07) is 0. The molecule has 1 rings (SSSR count). The van der Waals surface area contributed by atoms with Gasteiger partial charge in [-0.2, -0.15) is 5.10 Å². The van der Waals surface area contributed by atoms with E-state index in [2.05, 4.69) is 15.2 Å². The minimum atomic E-state index is -4.80. The van der Waals surface area contributed by atoms with Crippen LogP contribution in [0.1, 0.15) is 18.3 Å². The molecule has 0 aromatic carbocycles. The van der Waals surface area contributed by atoms with Gasteiger partial charge in [-0.3, -0.25) is 9.66 Å². The van der Waals surface area contributed by atoms with Gasteiger partial charge in [-0.05, 0) is 0 Å². The third-order valence-corrected chi connectivity index (χ3v) is 2.47. The molecule has 0 bridgehead atoms. The maximum Gasteiger partial charge on any atom is 0.359 e. The van der Waals surface area contributed by atoms with Gasteiger partial charge in [0.1, 0.15) is 12.4 Å². The summed E-state index contributed by atoms with van der Waals surface area (Å²) in [5.74, 6) is -2.43. The van der Waals surface area contributed by atoms with Crippen LogP contribution in [0.5, 0.6) is 0 Å². The second-order valence-electron chi connectivity index (χ2n) is 2.65. The van der Waals surface area contributed by atoms with Crippen LogP contribution in [0, 0.1) is 0 Å². The molecule has 0 fully saturated rings. The predicted molar refractivity (Wildman–Crippen MR) is 42.9 cm³/mol. The van der Waals surface area contributed by atoms with E-state index >= 15 is 0 Å². The summed E-state index contributed by atoms with van der Waals surface area (Å²) in [7, 11) is -4.80. The molecule has 0 saturated heterocycles. The second kappa shape index (κ2) is 4.14. The molecule has 14 heavy (non-hydrogen) atoms. The lowest BCUT2D eigenvalue weighted by atomic mass is 10.2. The molecule has 1 unspecified atom stereocenters. The summed E-state index contributed by atoms with van der Waals surface area (Å²) in [6.07, 6.45) is -1.02. The van der Waals surface area contributed by atoms with Crippen molar-refractivity contribution in [2.75, 3.05) is 0 Å². The van der Waals surface area contributed by atoms with Gasteiger partial charge in [-0.25, -0.2) is 9.37 Å². The molecule has 2 atom stereocenters. The third kappa shape index (κ3) is 2.85. The zero-order chi connectivity index (χ0) is 10.8. The van der Waals surface area contributed by atoms with E-state index in [1.54, 1.807) is 0 Å². The molecule has 0 aliphatic carbocycles. The number of H-pyrrole nitrogens is 1. The molecule has 7 nitrogen and oxygen atoms in total. The van der Waals surface area contributed by atoms with Crippen molar-refractivity contribution in [1.29, 1.82) is 0 Å². The molecule has 1 heterocycles. The molecule has 0 aliphatic heterocycles. The van der Waals surface area contributed by atoms with E-state index in [-0.39, 0.29) is 5.82 Å². The van der Waals surface area contributed by atoms with Crippen molar-refractivity contribution in [3.05, 3.63) is 12.2 Å². The molecular formula is C5H9FN3O4P. The van der Waals surface area contributed by atoms with Crippen molar-refractivity contribution in [3.8, 4) is 0 Å². The van der Waals surface area contributed by atoms with E-state index in [0.29, 0.717) is 0 Å². The smallest absolute Gasteiger partial charge is 0.359 e. The van der Waals surface area contributed by atoms with Crippen LogP contribution in [-0.4, -0.2) is 36.0 Å². The number of halogens is 1. The summed E-state index contributed by atoms with van der Waals surface area (Å²) in [6.45, 7) is 0. The first-order chi connectivity index (χ1) is 6.41. The van der Waals surface area contributed by atoms with Gasteiger partial charge in [0.2, 0.25) is 5.91 Å². The van der Waals surface area contributed by atoms with Gasteiger partial charge in [0.25, 0.3) is 0 Å². The van der Waals surface area contributed by atoms with Crippen LogP contribution in [0.3, 0.4) is 0 Å². The molecule has 0 radical (unpaired) electrons. The summed E-state index contributed by atoms with van der Waals surface area (Å²) in [5.41, 5.74) is 0. The van der Waals surface area contributed by atoms with Gasteiger partial charge in [0.15, 0.2) is 5.82 Å². The Morgan fingerprint density at radius 3 is 2.71 bits per heavy atom. The van der Waals surface area contributed by atoms with Crippen LogP contribution in [0.15, 0.2) is 6.33 Å². The Kier molecular flexibility index (Phi) is 3.33. The van der Waals surface area contributed by atoms with Crippen LogP contribution in [0.2, 0.25) is 0 Å². The van der Waals surface area contributed by atoms with E-state index in [9.17, 15) is 14.1 Å². The number of aliphatic hydroxyl groups is 1. The van der Waals surface area contributed by atoms with Gasteiger partial charge in [-0.15, -0.1) is 0 Å². The topological polar surface area (TPSA) is 119 Å². The van der Waals surface area contributed by atoms with Gasteiger partial charge < -0.3 is 14.9 Å². The SMILES string of the molecule is O=P(O)(O)[C@H](F)CC(O)c1ncn[nH]1. The average Bonchev–Trinajstić information content (AvgIpc) is 2.53. The molecule has 4 N–H and O–H groups in total. The monoisotopic (exact) mass is 225 g/mol. The number of alkyl halides is 1. The summed E-state index contributed by atoms with van der Waals surface area (Å²) >= 11 is 0. The number of nitrogens with one attached hydrogen (secondary N) is 1. The number of nitrogens with zero attached hydrogens (tertiary/aromatic N) is 2. The van der Waals surface area contributed by atoms with E-state index in [1.807, 2.05) is 0 Å². The molecule has 1 aromatic heterocycles. The average molecular weight is 225 g/mol. The summed E-state index contributed by atoms with van der Waals surface area (Å²) in [5, 5.41) is 14.9. The molecular weight excluding hydrogens is 216 g/mol. The normalized spacial score (nSPS) is 16.6. The summed E-state index contributed by atoms with van der Waals surface area (Å²) < 4.78 is 23.2. The van der Waals surface area contributed by atoms with Gasteiger partial charge >= 0.3 is 7.60 Å². The van der Waals surface area contributed by atoms with Crippen LogP contribution in [0.4, 0.5) is 4.39 Å². The largest absolute Gasteiger partial charge is 0.385 e. The Labute approximate surface area is 78.2 Å². The number of hydrogen-bond acceptors (Lipinski definition) is 4.